The van der Waals surface area contributed by atoms with E-state index in [4.69, 9.17) is 10.5 Å². The Morgan fingerprint density at radius 2 is 2.43 bits per heavy atom. The lowest BCUT2D eigenvalue weighted by atomic mass is 10.2. The van der Waals surface area contributed by atoms with Crippen molar-refractivity contribution in [3.05, 3.63) is 20.8 Å². The number of rotatable bonds is 4. The molecule has 0 bridgehead atoms. The van der Waals surface area contributed by atoms with E-state index in [1.165, 1.54) is 11.3 Å². The molecular formula is C9H12BrNO2S. The number of carbonyl (C=O) groups excluding carboxylic acids is 1. The zero-order valence-corrected chi connectivity index (χ0v) is 10.2. The third kappa shape index (κ3) is 3.40. The zero-order valence-electron chi connectivity index (χ0n) is 7.83. The molecule has 5 heteroatoms. The van der Waals surface area contributed by atoms with Crippen LogP contribution < -0.4 is 5.73 Å². The van der Waals surface area contributed by atoms with E-state index in [1.54, 1.807) is 6.92 Å². The molecule has 0 saturated carbocycles. The van der Waals surface area contributed by atoms with Gasteiger partial charge in [0.05, 0.1) is 16.8 Å². The van der Waals surface area contributed by atoms with E-state index < -0.39 is 0 Å². The maximum atomic E-state index is 11.1. The number of ether oxygens (including phenoxy) is 1. The van der Waals surface area contributed by atoms with Crippen molar-refractivity contribution < 1.29 is 9.53 Å². The molecule has 0 aliphatic heterocycles. The highest BCUT2D eigenvalue weighted by atomic mass is 79.9. The predicted molar refractivity (Wildman–Crippen MR) is 60.2 cm³/mol. The average Bonchev–Trinajstić information content (AvgIpc) is 2.52. The maximum Gasteiger partial charge on any atom is 0.307 e. The van der Waals surface area contributed by atoms with Gasteiger partial charge in [-0.15, -0.1) is 11.3 Å². The van der Waals surface area contributed by atoms with Gasteiger partial charge in [-0.1, -0.05) is 0 Å². The Morgan fingerprint density at radius 3 is 2.93 bits per heavy atom. The van der Waals surface area contributed by atoms with Crippen LogP contribution in [-0.2, 0) is 9.53 Å². The minimum Gasteiger partial charge on any atom is -0.466 e. The Balaban J connectivity index is 2.50. The fourth-order valence-electron chi connectivity index (χ4n) is 1.03. The summed E-state index contributed by atoms with van der Waals surface area (Å²) in [5, 5.41) is 0. The summed E-state index contributed by atoms with van der Waals surface area (Å²) in [6.07, 6.45) is 0.237. The third-order valence-electron chi connectivity index (χ3n) is 1.65. The first-order valence-corrected chi connectivity index (χ1v) is 5.91. The van der Waals surface area contributed by atoms with Crippen molar-refractivity contribution in [2.45, 2.75) is 19.4 Å². The number of carbonyl (C=O) groups is 1. The zero-order chi connectivity index (χ0) is 10.6. The minimum atomic E-state index is -0.259. The molecule has 1 rings (SSSR count). The molecule has 1 heterocycles. The van der Waals surface area contributed by atoms with Gasteiger partial charge in [-0.25, -0.2) is 0 Å². The fourth-order valence-corrected chi connectivity index (χ4v) is 2.45. The van der Waals surface area contributed by atoms with Crippen molar-refractivity contribution in [1.82, 2.24) is 0 Å². The lowest BCUT2D eigenvalue weighted by Crippen LogP contribution is -2.16. The molecule has 2 N–H and O–H groups in total. The largest absolute Gasteiger partial charge is 0.466 e. The Labute approximate surface area is 95.4 Å². The van der Waals surface area contributed by atoms with Crippen LogP contribution in [0.2, 0.25) is 0 Å². The van der Waals surface area contributed by atoms with Gasteiger partial charge >= 0.3 is 5.97 Å². The van der Waals surface area contributed by atoms with Gasteiger partial charge in [-0.05, 0) is 35.0 Å². The molecule has 0 fully saturated rings. The smallest absolute Gasteiger partial charge is 0.307 e. The van der Waals surface area contributed by atoms with E-state index in [1.807, 2.05) is 12.1 Å². The lowest BCUT2D eigenvalue weighted by Gasteiger charge is -2.07. The maximum absolute atomic E-state index is 11.1. The SMILES string of the molecule is CCOC(=O)C[C@@H](N)c1ccc(Br)s1. The number of thiophene rings is 1. The van der Waals surface area contributed by atoms with E-state index in [9.17, 15) is 4.79 Å². The summed E-state index contributed by atoms with van der Waals surface area (Å²) in [5.41, 5.74) is 5.83. The van der Waals surface area contributed by atoms with E-state index >= 15 is 0 Å². The van der Waals surface area contributed by atoms with Crippen molar-refractivity contribution >= 4 is 33.2 Å². The molecular weight excluding hydrogens is 266 g/mol. The molecule has 1 aromatic rings. The van der Waals surface area contributed by atoms with Crippen LogP contribution in [0.3, 0.4) is 0 Å². The van der Waals surface area contributed by atoms with Crippen LogP contribution in [0, 0.1) is 0 Å². The normalized spacial score (nSPS) is 12.5. The summed E-state index contributed by atoms with van der Waals surface area (Å²) < 4.78 is 5.83. The quantitative estimate of drug-likeness (QED) is 0.861. The highest BCUT2D eigenvalue weighted by Gasteiger charge is 2.13. The molecule has 0 saturated heterocycles. The second kappa shape index (κ2) is 5.48. The van der Waals surface area contributed by atoms with Gasteiger partial charge in [-0.3, -0.25) is 4.79 Å². The van der Waals surface area contributed by atoms with Crippen LogP contribution in [0.5, 0.6) is 0 Å². The lowest BCUT2D eigenvalue weighted by molar-refractivity contribution is -0.143. The van der Waals surface area contributed by atoms with Gasteiger partial charge < -0.3 is 10.5 Å². The van der Waals surface area contributed by atoms with Crippen LogP contribution in [0.25, 0.3) is 0 Å². The molecule has 0 aliphatic carbocycles. The predicted octanol–water partition coefficient (Wildman–Crippen LogP) is 2.46. The van der Waals surface area contributed by atoms with Gasteiger partial charge in [0.15, 0.2) is 0 Å². The molecule has 0 amide bonds. The molecule has 0 aromatic carbocycles. The summed E-state index contributed by atoms with van der Waals surface area (Å²) in [7, 11) is 0. The second-order valence-corrected chi connectivity index (χ2v) is 5.25. The Hall–Kier alpha value is -0.390. The highest BCUT2D eigenvalue weighted by Crippen LogP contribution is 2.27. The molecule has 0 unspecified atom stereocenters. The van der Waals surface area contributed by atoms with Crippen molar-refractivity contribution in [3.63, 3.8) is 0 Å². The highest BCUT2D eigenvalue weighted by molar-refractivity contribution is 9.11. The van der Waals surface area contributed by atoms with Gasteiger partial charge in [0.1, 0.15) is 0 Å². The Kier molecular flexibility index (Phi) is 4.57. The van der Waals surface area contributed by atoms with E-state index in [-0.39, 0.29) is 18.4 Å². The number of hydrogen-bond acceptors (Lipinski definition) is 4. The molecule has 3 nitrogen and oxygen atoms in total. The minimum absolute atomic E-state index is 0.237. The van der Waals surface area contributed by atoms with Gasteiger partial charge in [-0.2, -0.15) is 0 Å². The van der Waals surface area contributed by atoms with Crippen molar-refractivity contribution in [1.29, 1.82) is 0 Å². The third-order valence-corrected chi connectivity index (χ3v) is 3.41. The summed E-state index contributed by atoms with van der Waals surface area (Å²) in [5.74, 6) is -0.246. The average molecular weight is 278 g/mol. The summed E-state index contributed by atoms with van der Waals surface area (Å²) in [4.78, 5) is 12.1. The number of hydrogen-bond donors (Lipinski definition) is 1. The molecule has 78 valence electrons. The van der Waals surface area contributed by atoms with Crippen LogP contribution >= 0.6 is 27.3 Å². The van der Waals surface area contributed by atoms with Crippen LogP contribution in [0.15, 0.2) is 15.9 Å². The standard InChI is InChI=1S/C9H12BrNO2S/c1-2-13-9(12)5-6(11)7-3-4-8(10)14-7/h3-4,6H,2,5,11H2,1H3/t6-/m1/s1. The summed E-state index contributed by atoms with van der Waals surface area (Å²) in [6, 6.07) is 3.58. The molecule has 0 aliphatic rings. The first-order chi connectivity index (χ1) is 6.63. The molecule has 1 aromatic heterocycles. The van der Waals surface area contributed by atoms with Crippen molar-refractivity contribution in [3.8, 4) is 0 Å². The Bertz CT molecular complexity index is 314. The Morgan fingerprint density at radius 1 is 1.71 bits per heavy atom. The van der Waals surface area contributed by atoms with Crippen LogP contribution in [-0.4, -0.2) is 12.6 Å². The van der Waals surface area contributed by atoms with Crippen LogP contribution in [0.1, 0.15) is 24.3 Å². The van der Waals surface area contributed by atoms with Crippen LogP contribution in [0.4, 0.5) is 0 Å². The van der Waals surface area contributed by atoms with E-state index in [0.29, 0.717) is 6.61 Å². The van der Waals surface area contributed by atoms with Crippen molar-refractivity contribution in [2.24, 2.45) is 5.73 Å². The molecule has 0 radical (unpaired) electrons. The molecule has 0 spiro atoms. The number of esters is 1. The topological polar surface area (TPSA) is 52.3 Å². The van der Waals surface area contributed by atoms with Gasteiger partial charge in [0, 0.05) is 10.9 Å². The first-order valence-electron chi connectivity index (χ1n) is 4.30. The molecule has 14 heavy (non-hydrogen) atoms. The monoisotopic (exact) mass is 277 g/mol. The first kappa shape index (κ1) is 11.7. The van der Waals surface area contributed by atoms with E-state index in [0.717, 1.165) is 8.66 Å². The van der Waals surface area contributed by atoms with Crippen molar-refractivity contribution in [2.75, 3.05) is 6.61 Å². The molecule has 1 atom stereocenters. The van der Waals surface area contributed by atoms with Gasteiger partial charge in [0.25, 0.3) is 0 Å². The summed E-state index contributed by atoms with van der Waals surface area (Å²) >= 11 is 4.88. The van der Waals surface area contributed by atoms with Gasteiger partial charge in [0.2, 0.25) is 0 Å². The number of nitrogens with two attached hydrogens (primary N) is 1. The summed E-state index contributed by atoms with van der Waals surface area (Å²) in [6.45, 7) is 2.19. The van der Waals surface area contributed by atoms with E-state index in [2.05, 4.69) is 15.9 Å². The second-order valence-electron chi connectivity index (χ2n) is 2.76. The number of halogens is 1. The fraction of sp³-hybridized carbons (Fsp3) is 0.444.